The molecule has 0 fully saturated rings. The fourth-order valence-electron chi connectivity index (χ4n) is 1.55. The Morgan fingerprint density at radius 3 is 2.80 bits per heavy atom. The van der Waals surface area contributed by atoms with Gasteiger partial charge in [0.25, 0.3) is 0 Å². The third kappa shape index (κ3) is 2.05. The first-order chi connectivity index (χ1) is 7.18. The van der Waals surface area contributed by atoms with Crippen LogP contribution < -0.4 is 0 Å². The zero-order valence-electron chi connectivity index (χ0n) is 8.79. The molecule has 2 rings (SSSR count). The third-order valence-corrected chi connectivity index (χ3v) is 3.03. The first-order valence-electron chi connectivity index (χ1n) is 4.94. The number of nitrogens with one attached hydrogen (secondary N) is 1. The van der Waals surface area contributed by atoms with Crippen molar-refractivity contribution in [2.24, 2.45) is 0 Å². The Kier molecular flexibility index (Phi) is 2.78. The molecule has 0 spiro atoms. The summed E-state index contributed by atoms with van der Waals surface area (Å²) in [5, 5.41) is 0.811. The van der Waals surface area contributed by atoms with E-state index < -0.39 is 0 Å². The molecular weight excluding hydrogens is 208 g/mol. The fraction of sp³-hybridized carbons (Fsp3) is 0.250. The molecule has 1 unspecified atom stereocenters. The summed E-state index contributed by atoms with van der Waals surface area (Å²) in [5.41, 5.74) is 2.28. The minimum absolute atomic E-state index is 0.248. The number of aromatic nitrogens is 2. The highest BCUT2D eigenvalue weighted by molar-refractivity contribution is 6.31. The van der Waals surface area contributed by atoms with E-state index in [9.17, 15) is 0 Å². The molecule has 0 aliphatic rings. The molecule has 0 radical (unpaired) electrons. The minimum Gasteiger partial charge on any atom is -0.348 e. The van der Waals surface area contributed by atoms with Gasteiger partial charge in [0.1, 0.15) is 5.82 Å². The van der Waals surface area contributed by atoms with Crippen molar-refractivity contribution in [2.75, 3.05) is 0 Å². The number of benzene rings is 1. The van der Waals surface area contributed by atoms with E-state index in [0.717, 1.165) is 16.4 Å². The summed E-state index contributed by atoms with van der Waals surface area (Å²) in [6.07, 6.45) is 3.60. The molecule has 15 heavy (non-hydrogen) atoms. The third-order valence-electron chi connectivity index (χ3n) is 2.63. The van der Waals surface area contributed by atoms with Gasteiger partial charge in [0, 0.05) is 23.3 Å². The van der Waals surface area contributed by atoms with Crippen molar-refractivity contribution in [3.63, 3.8) is 0 Å². The number of aromatic amines is 1. The summed E-state index contributed by atoms with van der Waals surface area (Å²) in [7, 11) is 0. The molecule has 2 nitrogen and oxygen atoms in total. The molecule has 0 bridgehead atoms. The molecule has 2 aromatic rings. The molecule has 0 saturated heterocycles. The van der Waals surface area contributed by atoms with Gasteiger partial charge in [0.2, 0.25) is 0 Å². The van der Waals surface area contributed by atoms with Gasteiger partial charge >= 0.3 is 0 Å². The first-order valence-corrected chi connectivity index (χ1v) is 5.31. The van der Waals surface area contributed by atoms with Crippen molar-refractivity contribution in [3.8, 4) is 0 Å². The molecule has 1 atom stereocenters. The van der Waals surface area contributed by atoms with Gasteiger partial charge in [-0.25, -0.2) is 4.98 Å². The predicted molar refractivity (Wildman–Crippen MR) is 62.3 cm³/mol. The predicted octanol–water partition coefficient (Wildman–Crippen LogP) is 3.52. The van der Waals surface area contributed by atoms with E-state index in [4.69, 9.17) is 11.6 Å². The summed E-state index contributed by atoms with van der Waals surface area (Å²) in [5.74, 6) is 1.22. The van der Waals surface area contributed by atoms with Gasteiger partial charge in [-0.1, -0.05) is 30.7 Å². The summed E-state index contributed by atoms with van der Waals surface area (Å²) in [4.78, 5) is 7.36. The van der Waals surface area contributed by atoms with Crippen LogP contribution in [0.5, 0.6) is 0 Å². The van der Waals surface area contributed by atoms with E-state index in [0.29, 0.717) is 0 Å². The Morgan fingerprint density at radius 2 is 2.20 bits per heavy atom. The van der Waals surface area contributed by atoms with Crippen LogP contribution in [0, 0.1) is 6.92 Å². The minimum atomic E-state index is 0.248. The Labute approximate surface area is 94.3 Å². The van der Waals surface area contributed by atoms with Crippen LogP contribution in [0.25, 0.3) is 0 Å². The Hall–Kier alpha value is -1.28. The summed E-state index contributed by atoms with van der Waals surface area (Å²) in [6.45, 7) is 4.11. The van der Waals surface area contributed by atoms with Gasteiger partial charge in [-0.05, 0) is 24.1 Å². The molecule has 0 saturated carbocycles. The van der Waals surface area contributed by atoms with Crippen molar-refractivity contribution in [1.29, 1.82) is 0 Å². The zero-order valence-corrected chi connectivity index (χ0v) is 9.55. The summed E-state index contributed by atoms with van der Waals surface area (Å²) in [6, 6.07) is 6.13. The SMILES string of the molecule is Cc1ccc(C(C)c2ncc[nH]2)cc1Cl. The van der Waals surface area contributed by atoms with Crippen LogP contribution in [0.2, 0.25) is 5.02 Å². The van der Waals surface area contributed by atoms with E-state index in [2.05, 4.69) is 23.0 Å². The van der Waals surface area contributed by atoms with Crippen LogP contribution in [0.15, 0.2) is 30.6 Å². The first kappa shape index (κ1) is 10.2. The van der Waals surface area contributed by atoms with Crippen molar-refractivity contribution < 1.29 is 0 Å². The molecule has 0 aliphatic carbocycles. The number of hydrogen-bond acceptors (Lipinski definition) is 1. The van der Waals surface area contributed by atoms with Crippen molar-refractivity contribution in [3.05, 3.63) is 52.6 Å². The quantitative estimate of drug-likeness (QED) is 0.824. The lowest BCUT2D eigenvalue weighted by Gasteiger charge is -2.10. The molecule has 1 aromatic heterocycles. The molecule has 1 aromatic carbocycles. The number of halogens is 1. The number of H-pyrrole nitrogens is 1. The van der Waals surface area contributed by atoms with Crippen LogP contribution >= 0.6 is 11.6 Å². The van der Waals surface area contributed by atoms with Gasteiger partial charge in [0.15, 0.2) is 0 Å². The Balaban J connectivity index is 2.34. The molecule has 0 aliphatic heterocycles. The summed E-state index contributed by atoms with van der Waals surface area (Å²) >= 11 is 6.09. The van der Waals surface area contributed by atoms with Crippen LogP contribution in [-0.4, -0.2) is 9.97 Å². The maximum Gasteiger partial charge on any atom is 0.113 e. The highest BCUT2D eigenvalue weighted by Gasteiger charge is 2.11. The summed E-state index contributed by atoms with van der Waals surface area (Å²) < 4.78 is 0. The van der Waals surface area contributed by atoms with Gasteiger partial charge in [-0.3, -0.25) is 0 Å². The average molecular weight is 221 g/mol. The van der Waals surface area contributed by atoms with Crippen LogP contribution in [0.3, 0.4) is 0 Å². The van der Waals surface area contributed by atoms with Gasteiger partial charge in [-0.2, -0.15) is 0 Å². The molecule has 1 heterocycles. The lowest BCUT2D eigenvalue weighted by atomic mass is 9.99. The molecule has 78 valence electrons. The number of aryl methyl sites for hydroxylation is 1. The van der Waals surface area contributed by atoms with E-state index in [1.54, 1.807) is 6.20 Å². The monoisotopic (exact) mass is 220 g/mol. The van der Waals surface area contributed by atoms with E-state index in [-0.39, 0.29) is 5.92 Å². The van der Waals surface area contributed by atoms with E-state index in [1.807, 2.05) is 25.3 Å². The number of imidazole rings is 1. The largest absolute Gasteiger partial charge is 0.348 e. The van der Waals surface area contributed by atoms with E-state index in [1.165, 1.54) is 5.56 Å². The molecular formula is C12H13ClN2. The van der Waals surface area contributed by atoms with Crippen LogP contribution in [0.1, 0.15) is 29.8 Å². The van der Waals surface area contributed by atoms with Crippen LogP contribution in [-0.2, 0) is 0 Å². The van der Waals surface area contributed by atoms with Crippen molar-refractivity contribution in [2.45, 2.75) is 19.8 Å². The van der Waals surface area contributed by atoms with Crippen molar-refractivity contribution in [1.82, 2.24) is 9.97 Å². The topological polar surface area (TPSA) is 28.7 Å². The van der Waals surface area contributed by atoms with Crippen molar-refractivity contribution >= 4 is 11.6 Å². The average Bonchev–Trinajstić information content (AvgIpc) is 2.74. The lowest BCUT2D eigenvalue weighted by Crippen LogP contribution is -1.98. The maximum absolute atomic E-state index is 6.09. The number of nitrogens with zero attached hydrogens (tertiary/aromatic N) is 1. The second-order valence-corrected chi connectivity index (χ2v) is 4.11. The maximum atomic E-state index is 6.09. The van der Waals surface area contributed by atoms with Gasteiger partial charge in [0.05, 0.1) is 0 Å². The fourth-order valence-corrected chi connectivity index (χ4v) is 1.74. The molecule has 0 amide bonds. The lowest BCUT2D eigenvalue weighted by molar-refractivity contribution is 0.839. The standard InChI is InChI=1S/C12H13ClN2/c1-8-3-4-10(7-11(8)13)9(2)12-14-5-6-15-12/h3-7,9H,1-2H3,(H,14,15). The second kappa shape index (κ2) is 4.07. The highest BCUT2D eigenvalue weighted by Crippen LogP contribution is 2.25. The smallest absolute Gasteiger partial charge is 0.113 e. The molecule has 3 heteroatoms. The van der Waals surface area contributed by atoms with Gasteiger partial charge in [-0.15, -0.1) is 0 Å². The van der Waals surface area contributed by atoms with Gasteiger partial charge < -0.3 is 4.98 Å². The normalized spacial score (nSPS) is 12.7. The second-order valence-electron chi connectivity index (χ2n) is 3.70. The Morgan fingerprint density at radius 1 is 1.40 bits per heavy atom. The van der Waals surface area contributed by atoms with Crippen LogP contribution in [0.4, 0.5) is 0 Å². The molecule has 1 N–H and O–H groups in total. The Bertz CT molecular complexity index is 449. The number of rotatable bonds is 2. The number of hydrogen-bond donors (Lipinski definition) is 1. The van der Waals surface area contributed by atoms with E-state index >= 15 is 0 Å². The zero-order chi connectivity index (χ0) is 10.8. The highest BCUT2D eigenvalue weighted by atomic mass is 35.5.